The van der Waals surface area contributed by atoms with Crippen LogP contribution < -0.4 is 4.90 Å². The van der Waals surface area contributed by atoms with Crippen molar-refractivity contribution in [3.8, 4) is 0 Å². The summed E-state index contributed by atoms with van der Waals surface area (Å²) >= 11 is 0. The van der Waals surface area contributed by atoms with Crippen molar-refractivity contribution in [1.29, 1.82) is 0 Å². The molecule has 1 aliphatic heterocycles. The second-order valence-corrected chi connectivity index (χ2v) is 7.84. The summed E-state index contributed by atoms with van der Waals surface area (Å²) in [6.45, 7) is 2.89. The third-order valence-corrected chi connectivity index (χ3v) is 6.04. The number of rotatable bonds is 4. The van der Waals surface area contributed by atoms with Gasteiger partial charge in [0.2, 0.25) is 5.91 Å². The molecule has 6 nitrogen and oxygen atoms in total. The maximum Gasteiger partial charge on any atom is 0.335 e. The van der Waals surface area contributed by atoms with E-state index >= 15 is 0 Å². The van der Waals surface area contributed by atoms with E-state index in [9.17, 15) is 14.7 Å². The van der Waals surface area contributed by atoms with E-state index < -0.39 is 11.4 Å². The minimum atomic E-state index is -0.947. The molecule has 6 heteroatoms. The molecule has 0 radical (unpaired) electrons. The van der Waals surface area contributed by atoms with E-state index in [4.69, 9.17) is 0 Å². The minimum absolute atomic E-state index is 0.0304. The van der Waals surface area contributed by atoms with Crippen molar-refractivity contribution in [2.45, 2.75) is 38.1 Å². The highest BCUT2D eigenvalue weighted by molar-refractivity contribution is 6.13. The maximum atomic E-state index is 13.8. The number of benzene rings is 2. The first-order valence-electron chi connectivity index (χ1n) is 9.85. The molecular formula is C23H21N3O3. The average Bonchev–Trinajstić information content (AvgIpc) is 3.38. The van der Waals surface area contributed by atoms with Crippen molar-refractivity contribution < 1.29 is 14.7 Å². The number of carbonyl (C=O) groups is 2. The van der Waals surface area contributed by atoms with E-state index in [1.165, 1.54) is 0 Å². The molecular weight excluding hydrogens is 366 g/mol. The van der Waals surface area contributed by atoms with Gasteiger partial charge in [0.15, 0.2) is 0 Å². The number of aromatic carboxylic acids is 1. The zero-order valence-corrected chi connectivity index (χ0v) is 16.1. The normalized spacial score (nSPS) is 19.6. The Labute approximate surface area is 168 Å². The average molecular weight is 387 g/mol. The second kappa shape index (κ2) is 6.30. The molecule has 0 fully saturated rings. The molecule has 29 heavy (non-hydrogen) atoms. The standard InChI is InChI=1S/C23H21N3O3/c1-2-9-25-14-18(13-24-25)26-20-6-4-3-5-19(20)23(22(26)29)11-16-8-7-15(21(27)28)10-17(16)12-23/h3-8,10,13-14H,2,9,11-12H2,1H3,(H,27,28). The molecule has 2 heterocycles. The van der Waals surface area contributed by atoms with Crippen molar-refractivity contribution >= 4 is 23.3 Å². The number of carboxylic acid groups (broad SMARTS) is 1. The smallest absolute Gasteiger partial charge is 0.335 e. The number of anilines is 2. The van der Waals surface area contributed by atoms with Crippen LogP contribution >= 0.6 is 0 Å². The second-order valence-electron chi connectivity index (χ2n) is 7.84. The summed E-state index contributed by atoms with van der Waals surface area (Å²) in [7, 11) is 0. The van der Waals surface area contributed by atoms with Crippen LogP contribution in [-0.4, -0.2) is 26.8 Å². The molecule has 1 aliphatic carbocycles. The number of para-hydroxylation sites is 1. The van der Waals surface area contributed by atoms with Crippen molar-refractivity contribution in [2.75, 3.05) is 4.90 Å². The zero-order valence-electron chi connectivity index (χ0n) is 16.1. The highest BCUT2D eigenvalue weighted by Crippen LogP contribution is 2.52. The number of hydrogen-bond donors (Lipinski definition) is 1. The van der Waals surface area contributed by atoms with Crippen LogP contribution in [0.4, 0.5) is 11.4 Å². The quantitative estimate of drug-likeness (QED) is 0.741. The van der Waals surface area contributed by atoms with Crippen LogP contribution in [0.25, 0.3) is 0 Å². The fraction of sp³-hybridized carbons (Fsp3) is 0.261. The van der Waals surface area contributed by atoms with E-state index in [0.717, 1.165) is 41.0 Å². The lowest BCUT2D eigenvalue weighted by Gasteiger charge is -2.23. The van der Waals surface area contributed by atoms with Gasteiger partial charge in [-0.1, -0.05) is 31.2 Å². The molecule has 0 bridgehead atoms. The highest BCUT2D eigenvalue weighted by atomic mass is 16.4. The summed E-state index contributed by atoms with van der Waals surface area (Å²) in [6.07, 6.45) is 5.73. The van der Waals surface area contributed by atoms with Crippen molar-refractivity contribution in [3.63, 3.8) is 0 Å². The fourth-order valence-electron chi connectivity index (χ4n) is 4.74. The van der Waals surface area contributed by atoms with Gasteiger partial charge in [0.05, 0.1) is 28.6 Å². The molecule has 1 atom stereocenters. The van der Waals surface area contributed by atoms with Gasteiger partial charge in [0, 0.05) is 12.7 Å². The number of hydrogen-bond acceptors (Lipinski definition) is 3. The number of amides is 1. The summed E-state index contributed by atoms with van der Waals surface area (Å²) in [4.78, 5) is 27.0. The monoisotopic (exact) mass is 387 g/mol. The number of aryl methyl sites for hydroxylation is 1. The Balaban J connectivity index is 1.60. The zero-order chi connectivity index (χ0) is 20.2. The van der Waals surface area contributed by atoms with E-state index in [1.807, 2.05) is 41.2 Å². The number of nitrogens with zero attached hydrogens (tertiary/aromatic N) is 3. The summed E-state index contributed by atoms with van der Waals surface area (Å²) in [5, 5.41) is 13.7. The van der Waals surface area contributed by atoms with Gasteiger partial charge in [0.1, 0.15) is 0 Å². The Morgan fingerprint density at radius 3 is 2.76 bits per heavy atom. The predicted molar refractivity (Wildman–Crippen MR) is 109 cm³/mol. The first kappa shape index (κ1) is 17.7. The van der Waals surface area contributed by atoms with Gasteiger partial charge >= 0.3 is 5.97 Å². The molecule has 1 unspecified atom stereocenters. The summed E-state index contributed by atoms with van der Waals surface area (Å²) < 4.78 is 1.86. The van der Waals surface area contributed by atoms with E-state index in [0.29, 0.717) is 12.8 Å². The van der Waals surface area contributed by atoms with E-state index in [2.05, 4.69) is 12.0 Å². The molecule has 0 saturated carbocycles. The van der Waals surface area contributed by atoms with Gasteiger partial charge in [-0.2, -0.15) is 5.10 Å². The van der Waals surface area contributed by atoms with E-state index in [1.54, 1.807) is 23.2 Å². The van der Waals surface area contributed by atoms with Crippen LogP contribution in [0.5, 0.6) is 0 Å². The summed E-state index contributed by atoms with van der Waals surface area (Å²) in [5.74, 6) is -0.917. The molecule has 5 rings (SSSR count). The molecule has 2 aromatic carbocycles. The van der Waals surface area contributed by atoms with Gasteiger partial charge in [-0.25, -0.2) is 4.79 Å². The van der Waals surface area contributed by atoms with Gasteiger partial charge in [-0.15, -0.1) is 0 Å². The first-order chi connectivity index (χ1) is 14.0. The predicted octanol–water partition coefficient (Wildman–Crippen LogP) is 3.71. The van der Waals surface area contributed by atoms with Crippen molar-refractivity contribution in [3.05, 3.63) is 77.1 Å². The SMILES string of the molecule is CCCn1cc(N2C(=O)C3(Cc4ccc(C(=O)O)cc4C3)c3ccccc32)cn1. The molecule has 1 spiro atoms. The third-order valence-electron chi connectivity index (χ3n) is 6.04. The third kappa shape index (κ3) is 2.52. The van der Waals surface area contributed by atoms with Crippen molar-refractivity contribution in [1.82, 2.24) is 9.78 Å². The van der Waals surface area contributed by atoms with Crippen LogP contribution in [-0.2, 0) is 29.6 Å². The lowest BCUT2D eigenvalue weighted by atomic mass is 9.79. The molecule has 1 N–H and O–H groups in total. The van der Waals surface area contributed by atoms with Crippen LogP contribution in [0.1, 0.15) is 40.4 Å². The largest absolute Gasteiger partial charge is 0.478 e. The van der Waals surface area contributed by atoms with Gasteiger partial charge in [-0.05, 0) is 54.2 Å². The van der Waals surface area contributed by atoms with Crippen LogP contribution in [0, 0.1) is 0 Å². The Bertz CT molecular complexity index is 1150. The van der Waals surface area contributed by atoms with Crippen LogP contribution in [0.15, 0.2) is 54.9 Å². The Hall–Kier alpha value is -3.41. The van der Waals surface area contributed by atoms with Gasteiger partial charge in [-0.3, -0.25) is 14.4 Å². The van der Waals surface area contributed by atoms with E-state index in [-0.39, 0.29) is 11.5 Å². The fourth-order valence-corrected chi connectivity index (χ4v) is 4.74. The van der Waals surface area contributed by atoms with Crippen LogP contribution in [0.2, 0.25) is 0 Å². The van der Waals surface area contributed by atoms with Gasteiger partial charge < -0.3 is 5.11 Å². The summed E-state index contributed by atoms with van der Waals surface area (Å²) in [5.41, 5.74) is 4.22. The minimum Gasteiger partial charge on any atom is -0.478 e. The Morgan fingerprint density at radius 1 is 1.17 bits per heavy atom. The number of fused-ring (bicyclic) bond motifs is 3. The molecule has 3 aromatic rings. The number of carboxylic acids is 1. The van der Waals surface area contributed by atoms with Crippen LogP contribution in [0.3, 0.4) is 0 Å². The molecule has 2 aliphatic rings. The topological polar surface area (TPSA) is 75.4 Å². The summed E-state index contributed by atoms with van der Waals surface area (Å²) in [6, 6.07) is 13.1. The highest BCUT2D eigenvalue weighted by Gasteiger charge is 2.54. The van der Waals surface area contributed by atoms with Crippen molar-refractivity contribution in [2.24, 2.45) is 0 Å². The first-order valence-corrected chi connectivity index (χ1v) is 9.85. The number of aromatic nitrogens is 2. The molecule has 1 aromatic heterocycles. The molecule has 146 valence electrons. The Kier molecular flexibility index (Phi) is 3.84. The number of carbonyl (C=O) groups excluding carboxylic acids is 1. The lowest BCUT2D eigenvalue weighted by molar-refractivity contribution is -0.122. The lowest BCUT2D eigenvalue weighted by Crippen LogP contribution is -2.39. The maximum absolute atomic E-state index is 13.8. The van der Waals surface area contributed by atoms with Gasteiger partial charge in [0.25, 0.3) is 0 Å². The molecule has 1 amide bonds. The Morgan fingerprint density at radius 2 is 1.97 bits per heavy atom. The molecule has 0 saturated heterocycles.